The molecule has 0 saturated heterocycles. The van der Waals surface area contributed by atoms with Crippen molar-refractivity contribution in [1.29, 1.82) is 0 Å². The predicted molar refractivity (Wildman–Crippen MR) is 113 cm³/mol. The normalized spacial score (nSPS) is 10.7. The van der Waals surface area contributed by atoms with Crippen LogP contribution in [0.15, 0.2) is 78.9 Å². The highest BCUT2D eigenvalue weighted by molar-refractivity contribution is 5.82. The van der Waals surface area contributed by atoms with E-state index in [1.165, 1.54) is 12.1 Å². The van der Waals surface area contributed by atoms with Crippen molar-refractivity contribution in [3.8, 4) is 23.2 Å². The van der Waals surface area contributed by atoms with Crippen molar-refractivity contribution in [2.24, 2.45) is 0 Å². The highest BCUT2D eigenvalue weighted by Gasteiger charge is 2.16. The molecule has 0 fully saturated rings. The second-order valence-electron chi connectivity index (χ2n) is 6.55. The maximum atomic E-state index is 11.0. The van der Waals surface area contributed by atoms with E-state index >= 15 is 0 Å². The van der Waals surface area contributed by atoms with Gasteiger partial charge in [0.05, 0.1) is 16.0 Å². The van der Waals surface area contributed by atoms with Gasteiger partial charge >= 0.3 is 0 Å². The van der Waals surface area contributed by atoms with E-state index in [2.05, 4.69) is 27.0 Å². The Hall–Kier alpha value is -4.57. The molecule has 0 atom stereocenters. The SMILES string of the molecule is O=[N+]([O-])c1ccc(-c2nnc3c(C#Cc4ccccc4)nc4ccccc4n23)cc1. The first-order valence-corrected chi connectivity index (χ1v) is 9.16. The van der Waals surface area contributed by atoms with Crippen LogP contribution in [0.4, 0.5) is 5.69 Å². The minimum atomic E-state index is -0.428. The Balaban J connectivity index is 1.74. The van der Waals surface area contributed by atoms with Crippen LogP contribution in [0.2, 0.25) is 0 Å². The molecule has 0 saturated carbocycles. The van der Waals surface area contributed by atoms with Crippen molar-refractivity contribution >= 4 is 22.4 Å². The van der Waals surface area contributed by atoms with Crippen molar-refractivity contribution < 1.29 is 4.92 Å². The second kappa shape index (κ2) is 7.11. The number of rotatable bonds is 2. The summed E-state index contributed by atoms with van der Waals surface area (Å²) in [6, 6.07) is 23.5. The van der Waals surface area contributed by atoms with Gasteiger partial charge in [-0.1, -0.05) is 36.3 Å². The summed E-state index contributed by atoms with van der Waals surface area (Å²) in [7, 11) is 0. The first-order chi connectivity index (χ1) is 14.7. The van der Waals surface area contributed by atoms with Gasteiger partial charge in [0.15, 0.2) is 17.2 Å². The van der Waals surface area contributed by atoms with Crippen LogP contribution in [0.1, 0.15) is 11.3 Å². The van der Waals surface area contributed by atoms with Crippen molar-refractivity contribution in [3.63, 3.8) is 0 Å². The monoisotopic (exact) mass is 391 g/mol. The van der Waals surface area contributed by atoms with E-state index in [-0.39, 0.29) is 5.69 Å². The molecule has 30 heavy (non-hydrogen) atoms. The van der Waals surface area contributed by atoms with Gasteiger partial charge in [-0.3, -0.25) is 14.5 Å². The van der Waals surface area contributed by atoms with Crippen LogP contribution in [-0.4, -0.2) is 24.5 Å². The molecule has 0 unspecified atom stereocenters. The molecule has 0 aliphatic heterocycles. The molecule has 0 amide bonds. The zero-order valence-electron chi connectivity index (χ0n) is 15.6. The molecule has 5 rings (SSSR count). The molecule has 0 bridgehead atoms. The Morgan fingerprint density at radius 1 is 0.833 bits per heavy atom. The third-order valence-electron chi connectivity index (χ3n) is 4.67. The van der Waals surface area contributed by atoms with Gasteiger partial charge < -0.3 is 0 Å². The number of hydrogen-bond donors (Lipinski definition) is 0. The van der Waals surface area contributed by atoms with Crippen molar-refractivity contribution in [1.82, 2.24) is 19.6 Å². The first-order valence-electron chi connectivity index (χ1n) is 9.16. The molecule has 7 nitrogen and oxygen atoms in total. The number of hydrogen-bond acceptors (Lipinski definition) is 5. The van der Waals surface area contributed by atoms with Crippen LogP contribution in [0.3, 0.4) is 0 Å². The fourth-order valence-electron chi connectivity index (χ4n) is 3.24. The molecule has 7 heteroatoms. The van der Waals surface area contributed by atoms with Crippen LogP contribution in [0.5, 0.6) is 0 Å². The third-order valence-corrected chi connectivity index (χ3v) is 4.67. The highest BCUT2D eigenvalue weighted by Crippen LogP contribution is 2.26. The van der Waals surface area contributed by atoms with E-state index in [0.717, 1.165) is 16.6 Å². The Labute approximate surface area is 170 Å². The fourth-order valence-corrected chi connectivity index (χ4v) is 3.24. The molecule has 2 aromatic heterocycles. The van der Waals surface area contributed by atoms with E-state index in [1.54, 1.807) is 12.1 Å². The van der Waals surface area contributed by atoms with Crippen molar-refractivity contribution in [2.45, 2.75) is 0 Å². The highest BCUT2D eigenvalue weighted by atomic mass is 16.6. The maximum Gasteiger partial charge on any atom is 0.269 e. The van der Waals surface area contributed by atoms with E-state index in [9.17, 15) is 10.1 Å². The summed E-state index contributed by atoms with van der Waals surface area (Å²) < 4.78 is 1.89. The number of aromatic nitrogens is 4. The molecular formula is C23H13N5O2. The summed E-state index contributed by atoms with van der Waals surface area (Å²) in [4.78, 5) is 15.2. The number of nitro groups is 1. The van der Waals surface area contributed by atoms with Gasteiger partial charge in [-0.2, -0.15) is 0 Å². The lowest BCUT2D eigenvalue weighted by Gasteiger charge is -2.06. The first kappa shape index (κ1) is 17.5. The van der Waals surface area contributed by atoms with Gasteiger partial charge in [0, 0.05) is 23.3 Å². The Bertz CT molecular complexity index is 1460. The van der Waals surface area contributed by atoms with E-state index in [0.29, 0.717) is 22.7 Å². The molecule has 0 radical (unpaired) electrons. The lowest BCUT2D eigenvalue weighted by molar-refractivity contribution is -0.384. The fraction of sp³-hybridized carbons (Fsp3) is 0. The molecule has 0 aliphatic carbocycles. The van der Waals surface area contributed by atoms with Crippen LogP contribution >= 0.6 is 0 Å². The molecule has 5 aromatic rings. The summed E-state index contributed by atoms with van der Waals surface area (Å²) in [5, 5.41) is 19.6. The largest absolute Gasteiger partial charge is 0.271 e. The van der Waals surface area contributed by atoms with E-state index in [4.69, 9.17) is 0 Å². The average molecular weight is 391 g/mol. The van der Waals surface area contributed by atoms with Gasteiger partial charge in [-0.15, -0.1) is 10.2 Å². The number of non-ortho nitro benzene ring substituents is 1. The Morgan fingerprint density at radius 3 is 2.33 bits per heavy atom. The molecule has 2 heterocycles. The molecule has 0 spiro atoms. The third kappa shape index (κ3) is 3.02. The summed E-state index contributed by atoms with van der Waals surface area (Å²) >= 11 is 0. The average Bonchev–Trinajstić information content (AvgIpc) is 3.24. The number of nitrogens with zero attached hydrogens (tertiary/aromatic N) is 5. The lowest BCUT2D eigenvalue weighted by atomic mass is 10.2. The quantitative estimate of drug-likeness (QED) is 0.255. The minimum absolute atomic E-state index is 0.0218. The summed E-state index contributed by atoms with van der Waals surface area (Å²) in [6.45, 7) is 0. The number of fused-ring (bicyclic) bond motifs is 3. The van der Waals surface area contributed by atoms with Gasteiger partial charge in [-0.25, -0.2) is 4.98 Å². The lowest BCUT2D eigenvalue weighted by Crippen LogP contribution is -1.98. The molecule has 142 valence electrons. The number of para-hydroxylation sites is 2. The maximum absolute atomic E-state index is 11.0. The summed E-state index contributed by atoms with van der Waals surface area (Å²) in [5.41, 5.74) is 4.24. The summed E-state index contributed by atoms with van der Waals surface area (Å²) in [6.07, 6.45) is 0. The Kier molecular flexibility index (Phi) is 4.15. The van der Waals surface area contributed by atoms with E-state index < -0.39 is 4.92 Å². The molecule has 0 aliphatic rings. The zero-order chi connectivity index (χ0) is 20.5. The van der Waals surface area contributed by atoms with Crippen LogP contribution in [0.25, 0.3) is 28.1 Å². The zero-order valence-corrected chi connectivity index (χ0v) is 15.6. The topological polar surface area (TPSA) is 86.2 Å². The Morgan fingerprint density at radius 2 is 1.57 bits per heavy atom. The number of benzene rings is 3. The van der Waals surface area contributed by atoms with Crippen LogP contribution in [-0.2, 0) is 0 Å². The smallest absolute Gasteiger partial charge is 0.269 e. The summed E-state index contributed by atoms with van der Waals surface area (Å²) in [5.74, 6) is 6.80. The van der Waals surface area contributed by atoms with Crippen LogP contribution in [0, 0.1) is 22.0 Å². The van der Waals surface area contributed by atoms with Gasteiger partial charge in [0.2, 0.25) is 0 Å². The van der Waals surface area contributed by atoms with Gasteiger partial charge in [-0.05, 0) is 42.3 Å². The molecule has 0 N–H and O–H groups in total. The van der Waals surface area contributed by atoms with Crippen molar-refractivity contribution in [3.05, 3.63) is 100 Å². The van der Waals surface area contributed by atoms with Crippen molar-refractivity contribution in [2.75, 3.05) is 0 Å². The van der Waals surface area contributed by atoms with E-state index in [1.807, 2.05) is 59.0 Å². The van der Waals surface area contributed by atoms with Gasteiger partial charge in [0.1, 0.15) is 0 Å². The minimum Gasteiger partial charge on any atom is -0.271 e. The molecule has 3 aromatic carbocycles. The van der Waals surface area contributed by atoms with Crippen LogP contribution < -0.4 is 0 Å². The number of nitro benzene ring substituents is 1. The standard InChI is InChI=1S/C23H13N5O2/c29-28(30)18-13-11-17(12-14-18)22-25-26-23-20(15-10-16-6-2-1-3-7-16)24-19-8-4-5-9-21(19)27(22)23/h1-9,11-14H. The van der Waals surface area contributed by atoms with Gasteiger partial charge in [0.25, 0.3) is 5.69 Å². The second-order valence-corrected chi connectivity index (χ2v) is 6.55. The molecular weight excluding hydrogens is 378 g/mol. The predicted octanol–water partition coefficient (Wildman–Crippen LogP) is 4.25.